The molecule has 2 unspecified atom stereocenters. The Labute approximate surface area is 122 Å². The van der Waals surface area contributed by atoms with E-state index in [0.717, 1.165) is 37.6 Å². The standard InChI is InChI=1S/C16H27N3O/c1-13-11-19(12-14(2)18(13)3)8-9-20-16-6-4-15(10-17)5-7-16/h4-7,13-14H,8-12,17H2,1-3H3. The number of hydrogen-bond acceptors (Lipinski definition) is 4. The highest BCUT2D eigenvalue weighted by Gasteiger charge is 2.25. The summed E-state index contributed by atoms with van der Waals surface area (Å²) < 4.78 is 5.81. The average Bonchev–Trinajstić information content (AvgIpc) is 2.45. The van der Waals surface area contributed by atoms with E-state index >= 15 is 0 Å². The van der Waals surface area contributed by atoms with E-state index in [1.165, 1.54) is 0 Å². The number of likely N-dealkylation sites (N-methyl/N-ethyl adjacent to an activating group) is 1. The van der Waals surface area contributed by atoms with E-state index in [2.05, 4.69) is 30.7 Å². The van der Waals surface area contributed by atoms with Gasteiger partial charge >= 0.3 is 0 Å². The lowest BCUT2D eigenvalue weighted by Crippen LogP contribution is -2.55. The molecule has 2 rings (SSSR count). The topological polar surface area (TPSA) is 41.7 Å². The minimum absolute atomic E-state index is 0.581. The lowest BCUT2D eigenvalue weighted by Gasteiger charge is -2.42. The van der Waals surface area contributed by atoms with Crippen LogP contribution in [0.15, 0.2) is 24.3 Å². The van der Waals surface area contributed by atoms with Gasteiger partial charge in [0.1, 0.15) is 12.4 Å². The molecule has 4 heteroatoms. The van der Waals surface area contributed by atoms with Gasteiger partial charge in [0.05, 0.1) is 0 Å². The highest BCUT2D eigenvalue weighted by atomic mass is 16.5. The van der Waals surface area contributed by atoms with Gasteiger partial charge in [-0.1, -0.05) is 12.1 Å². The third kappa shape index (κ3) is 3.95. The molecule has 0 bridgehead atoms. The third-order valence-corrected chi connectivity index (χ3v) is 4.27. The van der Waals surface area contributed by atoms with Gasteiger partial charge in [0.25, 0.3) is 0 Å². The fourth-order valence-electron chi connectivity index (χ4n) is 2.71. The van der Waals surface area contributed by atoms with Gasteiger partial charge in [0.15, 0.2) is 0 Å². The Morgan fingerprint density at radius 3 is 2.30 bits per heavy atom. The second-order valence-corrected chi connectivity index (χ2v) is 5.82. The number of hydrogen-bond donors (Lipinski definition) is 1. The predicted octanol–water partition coefficient (Wildman–Crippen LogP) is 1.55. The van der Waals surface area contributed by atoms with Crippen molar-refractivity contribution < 1.29 is 4.74 Å². The predicted molar refractivity (Wildman–Crippen MR) is 83.0 cm³/mol. The van der Waals surface area contributed by atoms with Gasteiger partial charge in [-0.3, -0.25) is 9.80 Å². The Hall–Kier alpha value is -1.10. The Morgan fingerprint density at radius 1 is 1.15 bits per heavy atom. The molecule has 1 heterocycles. The Bertz CT molecular complexity index is 395. The number of nitrogens with zero attached hydrogens (tertiary/aromatic N) is 2. The maximum Gasteiger partial charge on any atom is 0.119 e. The molecule has 1 aromatic carbocycles. The Balaban J connectivity index is 1.75. The van der Waals surface area contributed by atoms with Crippen LogP contribution in [-0.4, -0.2) is 55.2 Å². The van der Waals surface area contributed by atoms with Crippen molar-refractivity contribution in [1.29, 1.82) is 0 Å². The molecule has 2 atom stereocenters. The van der Waals surface area contributed by atoms with Crippen LogP contribution in [0.5, 0.6) is 5.75 Å². The number of ether oxygens (including phenoxy) is 1. The van der Waals surface area contributed by atoms with E-state index in [9.17, 15) is 0 Å². The number of rotatable bonds is 5. The molecule has 0 saturated carbocycles. The van der Waals surface area contributed by atoms with E-state index in [0.29, 0.717) is 18.6 Å². The first kappa shape index (κ1) is 15.3. The van der Waals surface area contributed by atoms with Crippen LogP contribution in [0.3, 0.4) is 0 Å². The van der Waals surface area contributed by atoms with E-state index < -0.39 is 0 Å². The maximum atomic E-state index is 5.81. The highest BCUT2D eigenvalue weighted by Crippen LogP contribution is 2.14. The van der Waals surface area contributed by atoms with Gasteiger partial charge in [-0.25, -0.2) is 0 Å². The smallest absolute Gasteiger partial charge is 0.119 e. The zero-order chi connectivity index (χ0) is 14.5. The molecule has 1 aliphatic heterocycles. The van der Waals surface area contributed by atoms with Crippen LogP contribution in [0.1, 0.15) is 19.4 Å². The van der Waals surface area contributed by atoms with Gasteiger partial charge < -0.3 is 10.5 Å². The first-order chi connectivity index (χ1) is 9.60. The van der Waals surface area contributed by atoms with Crippen LogP contribution in [0, 0.1) is 0 Å². The molecule has 0 aromatic heterocycles. The summed E-state index contributed by atoms with van der Waals surface area (Å²) in [5.74, 6) is 0.928. The Morgan fingerprint density at radius 2 is 1.75 bits per heavy atom. The molecule has 1 fully saturated rings. The first-order valence-corrected chi connectivity index (χ1v) is 7.46. The van der Waals surface area contributed by atoms with E-state index in [1.54, 1.807) is 0 Å². The van der Waals surface area contributed by atoms with Crippen molar-refractivity contribution in [1.82, 2.24) is 9.80 Å². The SMILES string of the molecule is CC1CN(CCOc2ccc(CN)cc2)CC(C)N1C. The second kappa shape index (κ2) is 7.07. The Kier molecular flexibility index (Phi) is 5.40. The molecule has 0 aliphatic carbocycles. The van der Waals surface area contributed by atoms with Gasteiger partial charge in [-0.2, -0.15) is 0 Å². The normalized spacial score (nSPS) is 24.8. The van der Waals surface area contributed by atoms with Crippen LogP contribution < -0.4 is 10.5 Å². The molecule has 1 aliphatic rings. The van der Waals surface area contributed by atoms with Crippen molar-refractivity contribution >= 4 is 0 Å². The molecule has 1 aromatic rings. The van der Waals surface area contributed by atoms with Gasteiger partial charge in [0.2, 0.25) is 0 Å². The fourth-order valence-corrected chi connectivity index (χ4v) is 2.71. The van der Waals surface area contributed by atoms with E-state index in [1.807, 2.05) is 24.3 Å². The van der Waals surface area contributed by atoms with Crippen molar-refractivity contribution in [2.45, 2.75) is 32.5 Å². The summed E-state index contributed by atoms with van der Waals surface area (Å²) in [7, 11) is 2.21. The molecule has 112 valence electrons. The molecule has 2 N–H and O–H groups in total. The summed E-state index contributed by atoms with van der Waals surface area (Å²) in [5, 5.41) is 0. The summed E-state index contributed by atoms with van der Waals surface area (Å²) in [6.07, 6.45) is 0. The summed E-state index contributed by atoms with van der Waals surface area (Å²) in [4.78, 5) is 4.94. The van der Waals surface area contributed by atoms with Crippen LogP contribution in [0.2, 0.25) is 0 Å². The minimum Gasteiger partial charge on any atom is -0.492 e. The summed E-state index contributed by atoms with van der Waals surface area (Å²) in [5.41, 5.74) is 6.72. The molecular weight excluding hydrogens is 250 g/mol. The first-order valence-electron chi connectivity index (χ1n) is 7.46. The van der Waals surface area contributed by atoms with Crippen molar-refractivity contribution in [3.8, 4) is 5.75 Å². The molecule has 4 nitrogen and oxygen atoms in total. The molecule has 1 saturated heterocycles. The molecular formula is C16H27N3O. The van der Waals surface area contributed by atoms with Crippen LogP contribution >= 0.6 is 0 Å². The third-order valence-electron chi connectivity index (χ3n) is 4.27. The summed E-state index contributed by atoms with van der Waals surface area (Å²) >= 11 is 0. The quantitative estimate of drug-likeness (QED) is 0.886. The summed E-state index contributed by atoms with van der Waals surface area (Å²) in [6.45, 7) is 9.13. The zero-order valence-electron chi connectivity index (χ0n) is 12.9. The van der Waals surface area contributed by atoms with Crippen molar-refractivity contribution in [3.63, 3.8) is 0 Å². The van der Waals surface area contributed by atoms with Crippen molar-refractivity contribution in [2.75, 3.05) is 33.3 Å². The molecule has 0 spiro atoms. The monoisotopic (exact) mass is 277 g/mol. The lowest BCUT2D eigenvalue weighted by molar-refractivity contribution is 0.0522. The average molecular weight is 277 g/mol. The zero-order valence-corrected chi connectivity index (χ0v) is 12.9. The molecule has 0 radical (unpaired) electrons. The fraction of sp³-hybridized carbons (Fsp3) is 0.625. The summed E-state index contributed by atoms with van der Waals surface area (Å²) in [6, 6.07) is 9.27. The van der Waals surface area contributed by atoms with E-state index in [4.69, 9.17) is 10.5 Å². The molecule has 0 amide bonds. The molecule has 20 heavy (non-hydrogen) atoms. The number of piperazine rings is 1. The van der Waals surface area contributed by atoms with E-state index in [-0.39, 0.29) is 0 Å². The van der Waals surface area contributed by atoms with Crippen molar-refractivity contribution in [2.24, 2.45) is 5.73 Å². The lowest BCUT2D eigenvalue weighted by atomic mass is 10.1. The van der Waals surface area contributed by atoms with Crippen LogP contribution in [-0.2, 0) is 6.54 Å². The van der Waals surface area contributed by atoms with Crippen molar-refractivity contribution in [3.05, 3.63) is 29.8 Å². The number of benzene rings is 1. The van der Waals surface area contributed by atoms with Gasteiger partial charge in [0, 0.05) is 38.3 Å². The minimum atomic E-state index is 0.581. The number of nitrogens with two attached hydrogens (primary N) is 1. The second-order valence-electron chi connectivity index (χ2n) is 5.82. The van der Waals surface area contributed by atoms with Gasteiger partial charge in [-0.15, -0.1) is 0 Å². The maximum absolute atomic E-state index is 5.81. The highest BCUT2D eigenvalue weighted by molar-refractivity contribution is 5.27. The van der Waals surface area contributed by atoms with Crippen LogP contribution in [0.25, 0.3) is 0 Å². The van der Waals surface area contributed by atoms with Gasteiger partial charge in [-0.05, 0) is 38.6 Å². The van der Waals surface area contributed by atoms with Crippen LogP contribution in [0.4, 0.5) is 0 Å². The largest absolute Gasteiger partial charge is 0.492 e.